The maximum Gasteiger partial charge on any atom is 0.408 e. The van der Waals surface area contributed by atoms with E-state index in [-0.39, 0.29) is 25.5 Å². The van der Waals surface area contributed by atoms with Crippen molar-refractivity contribution in [3.63, 3.8) is 0 Å². The predicted octanol–water partition coefficient (Wildman–Crippen LogP) is 5.43. The van der Waals surface area contributed by atoms with Crippen molar-refractivity contribution in [3.8, 4) is 0 Å². The minimum atomic E-state index is -0.971. The fraction of sp³-hybridized carbons (Fsp3) is 0.345. The summed E-state index contributed by atoms with van der Waals surface area (Å²) in [4.78, 5) is 38.0. The van der Waals surface area contributed by atoms with Crippen molar-refractivity contribution >= 4 is 28.7 Å². The Balaban J connectivity index is 1.66. The molecule has 7 heteroatoms. The minimum absolute atomic E-state index is 0.0383. The number of carbonyl (C=O) groups is 3. The molecule has 3 rings (SSSR count). The van der Waals surface area contributed by atoms with Crippen LogP contribution < -0.4 is 10.6 Å². The minimum Gasteiger partial charge on any atom is -0.461 e. The van der Waals surface area contributed by atoms with Gasteiger partial charge in [0.2, 0.25) is 5.91 Å². The second kappa shape index (κ2) is 12.2. The second-order valence-corrected chi connectivity index (χ2v) is 9.68. The molecule has 0 radical (unpaired) electrons. The van der Waals surface area contributed by atoms with E-state index < -0.39 is 29.6 Å². The summed E-state index contributed by atoms with van der Waals surface area (Å²) < 4.78 is 10.7. The summed E-state index contributed by atoms with van der Waals surface area (Å²) in [5.41, 5.74) is 1.10. The molecule has 36 heavy (non-hydrogen) atoms. The van der Waals surface area contributed by atoms with Crippen LogP contribution in [-0.2, 0) is 25.7 Å². The van der Waals surface area contributed by atoms with Crippen molar-refractivity contribution in [1.29, 1.82) is 0 Å². The van der Waals surface area contributed by atoms with Gasteiger partial charge in [0.25, 0.3) is 0 Å². The largest absolute Gasteiger partial charge is 0.461 e. The Bertz CT molecular complexity index is 1180. The lowest BCUT2D eigenvalue weighted by Gasteiger charge is -2.25. The summed E-state index contributed by atoms with van der Waals surface area (Å²) in [6.07, 6.45) is -0.692. The lowest BCUT2D eigenvalue weighted by molar-refractivity contribution is -0.145. The van der Waals surface area contributed by atoms with Gasteiger partial charge in [-0.05, 0) is 56.0 Å². The number of hydrogen-bond donors (Lipinski definition) is 2. The van der Waals surface area contributed by atoms with E-state index in [2.05, 4.69) is 10.6 Å². The zero-order valence-electron chi connectivity index (χ0n) is 21.2. The van der Waals surface area contributed by atoms with Crippen molar-refractivity contribution in [2.45, 2.75) is 64.8 Å². The van der Waals surface area contributed by atoms with Gasteiger partial charge in [-0.25, -0.2) is 4.79 Å². The molecular formula is C29H34N2O5. The summed E-state index contributed by atoms with van der Waals surface area (Å²) in [6.45, 7) is 7.26. The monoisotopic (exact) mass is 490 g/mol. The van der Waals surface area contributed by atoms with Crippen LogP contribution in [0, 0.1) is 0 Å². The topological polar surface area (TPSA) is 93.7 Å². The third-order valence-electron chi connectivity index (χ3n) is 5.54. The molecule has 0 fully saturated rings. The van der Waals surface area contributed by atoms with Gasteiger partial charge in [0.1, 0.15) is 18.2 Å². The van der Waals surface area contributed by atoms with Gasteiger partial charge in [-0.3, -0.25) is 9.59 Å². The molecule has 0 saturated heterocycles. The number of hydrogen-bond acceptors (Lipinski definition) is 5. The van der Waals surface area contributed by atoms with Crippen molar-refractivity contribution in [3.05, 3.63) is 83.9 Å². The average molecular weight is 491 g/mol. The van der Waals surface area contributed by atoms with E-state index in [9.17, 15) is 14.4 Å². The molecule has 2 amide bonds. The number of ether oxygens (including phenoxy) is 2. The van der Waals surface area contributed by atoms with Crippen LogP contribution in [0.25, 0.3) is 10.8 Å². The van der Waals surface area contributed by atoms with Crippen LogP contribution in [0.1, 0.15) is 57.7 Å². The predicted molar refractivity (Wildman–Crippen MR) is 139 cm³/mol. The summed E-state index contributed by atoms with van der Waals surface area (Å²) in [5.74, 6) is -0.859. The van der Waals surface area contributed by atoms with E-state index in [4.69, 9.17) is 9.47 Å². The normalized spacial score (nSPS) is 12.9. The van der Waals surface area contributed by atoms with Crippen LogP contribution in [0.4, 0.5) is 4.79 Å². The molecule has 190 valence electrons. The first kappa shape index (κ1) is 26.7. The Morgan fingerprint density at radius 1 is 0.861 bits per heavy atom. The number of carbonyl (C=O) groups excluding carboxylic acids is 3. The molecule has 7 nitrogen and oxygen atoms in total. The maximum atomic E-state index is 13.2. The Morgan fingerprint density at radius 2 is 1.53 bits per heavy atom. The quantitative estimate of drug-likeness (QED) is 0.390. The zero-order chi connectivity index (χ0) is 26.1. The van der Waals surface area contributed by atoms with Crippen LogP contribution in [0.5, 0.6) is 0 Å². The fourth-order valence-electron chi connectivity index (χ4n) is 3.81. The number of benzene rings is 3. The number of nitrogens with one attached hydrogen (secondary N) is 2. The molecule has 2 atom stereocenters. The Hall–Kier alpha value is -3.87. The third kappa shape index (κ3) is 8.12. The van der Waals surface area contributed by atoms with Gasteiger partial charge in [0.15, 0.2) is 0 Å². The molecule has 0 heterocycles. The molecule has 0 saturated carbocycles. The SMILES string of the molecule is C[C@H](NC(=O)[C@H](CCC(=O)OCc1ccccc1)NC(=O)OC(C)(C)C)c1cccc2ccccc12. The van der Waals surface area contributed by atoms with Gasteiger partial charge in [0, 0.05) is 6.42 Å². The third-order valence-corrected chi connectivity index (χ3v) is 5.54. The van der Waals surface area contributed by atoms with E-state index >= 15 is 0 Å². The maximum absolute atomic E-state index is 13.2. The highest BCUT2D eigenvalue weighted by Crippen LogP contribution is 2.24. The van der Waals surface area contributed by atoms with Gasteiger partial charge in [-0.15, -0.1) is 0 Å². The number of amides is 2. The summed E-state index contributed by atoms with van der Waals surface area (Å²) >= 11 is 0. The molecule has 0 aliphatic rings. The first-order chi connectivity index (χ1) is 17.1. The van der Waals surface area contributed by atoms with E-state index in [1.165, 1.54) is 0 Å². The molecule has 0 spiro atoms. The van der Waals surface area contributed by atoms with Crippen LogP contribution in [0.3, 0.4) is 0 Å². The van der Waals surface area contributed by atoms with Gasteiger partial charge in [0.05, 0.1) is 6.04 Å². The van der Waals surface area contributed by atoms with Gasteiger partial charge in [-0.1, -0.05) is 72.8 Å². The van der Waals surface area contributed by atoms with E-state index in [0.717, 1.165) is 21.9 Å². The van der Waals surface area contributed by atoms with Crippen molar-refractivity contribution in [2.24, 2.45) is 0 Å². The first-order valence-corrected chi connectivity index (χ1v) is 12.1. The van der Waals surface area contributed by atoms with Crippen molar-refractivity contribution < 1.29 is 23.9 Å². The van der Waals surface area contributed by atoms with Crippen LogP contribution in [0.2, 0.25) is 0 Å². The summed E-state index contributed by atoms with van der Waals surface area (Å²) in [7, 11) is 0. The molecule has 2 N–H and O–H groups in total. The lowest BCUT2D eigenvalue weighted by atomic mass is 9.99. The molecule has 0 aromatic heterocycles. The molecule has 0 aliphatic carbocycles. The molecule has 0 unspecified atom stereocenters. The van der Waals surface area contributed by atoms with Crippen LogP contribution in [0.15, 0.2) is 72.8 Å². The van der Waals surface area contributed by atoms with Crippen LogP contribution >= 0.6 is 0 Å². The lowest BCUT2D eigenvalue weighted by Crippen LogP contribution is -2.48. The van der Waals surface area contributed by atoms with E-state index in [0.29, 0.717) is 0 Å². The Morgan fingerprint density at radius 3 is 2.25 bits per heavy atom. The molecule has 0 aliphatic heterocycles. The number of fused-ring (bicyclic) bond motifs is 1. The summed E-state index contributed by atoms with van der Waals surface area (Å²) in [6, 6.07) is 21.9. The second-order valence-electron chi connectivity index (χ2n) is 9.68. The molecule has 3 aromatic rings. The highest BCUT2D eigenvalue weighted by atomic mass is 16.6. The van der Waals surface area contributed by atoms with Crippen LogP contribution in [-0.4, -0.2) is 29.6 Å². The van der Waals surface area contributed by atoms with Gasteiger partial charge < -0.3 is 20.1 Å². The number of rotatable bonds is 9. The molecule has 0 bridgehead atoms. The first-order valence-electron chi connectivity index (χ1n) is 12.1. The smallest absolute Gasteiger partial charge is 0.408 e. The Kier molecular flexibility index (Phi) is 9.06. The van der Waals surface area contributed by atoms with E-state index in [1.807, 2.05) is 79.7 Å². The highest BCUT2D eigenvalue weighted by molar-refractivity contribution is 5.89. The molecular weight excluding hydrogens is 456 g/mol. The van der Waals surface area contributed by atoms with Crippen molar-refractivity contribution in [2.75, 3.05) is 0 Å². The zero-order valence-corrected chi connectivity index (χ0v) is 21.2. The molecule has 3 aromatic carbocycles. The van der Waals surface area contributed by atoms with Gasteiger partial charge >= 0.3 is 12.1 Å². The fourth-order valence-corrected chi connectivity index (χ4v) is 3.81. The van der Waals surface area contributed by atoms with Crippen molar-refractivity contribution in [1.82, 2.24) is 10.6 Å². The summed E-state index contributed by atoms with van der Waals surface area (Å²) in [5, 5.41) is 7.70. The number of alkyl carbamates (subject to hydrolysis) is 1. The van der Waals surface area contributed by atoms with Gasteiger partial charge in [-0.2, -0.15) is 0 Å². The standard InChI is InChI=1S/C29H34N2O5/c1-20(23-16-10-14-22-13-8-9-15-24(22)23)30-27(33)25(31-28(34)36-29(2,3)4)17-18-26(32)35-19-21-11-6-5-7-12-21/h5-16,20,25H,17-19H2,1-4H3,(H,30,33)(H,31,34)/t20-,25-/m0/s1. The number of esters is 1. The highest BCUT2D eigenvalue weighted by Gasteiger charge is 2.26. The van der Waals surface area contributed by atoms with E-state index in [1.54, 1.807) is 20.8 Å². The Labute approximate surface area is 212 Å². The average Bonchev–Trinajstić information content (AvgIpc) is 2.84.